The number of nitrogens with zero attached hydrogens (tertiary/aromatic N) is 1. The maximum atomic E-state index is 5.82. The van der Waals surface area contributed by atoms with Gasteiger partial charge in [-0.25, -0.2) is 4.98 Å². The second-order valence-electron chi connectivity index (χ2n) is 3.92. The molecule has 0 fully saturated rings. The van der Waals surface area contributed by atoms with Gasteiger partial charge in [-0.05, 0) is 24.0 Å². The van der Waals surface area contributed by atoms with E-state index >= 15 is 0 Å². The lowest BCUT2D eigenvalue weighted by atomic mass is 10.2. The topological polar surface area (TPSA) is 48.1 Å². The van der Waals surface area contributed by atoms with Gasteiger partial charge in [-0.15, -0.1) is 0 Å². The number of nitrogens with two attached hydrogens (primary N) is 1. The molecule has 0 saturated carbocycles. The number of halogens is 1. The van der Waals surface area contributed by atoms with Crippen molar-refractivity contribution in [3.63, 3.8) is 0 Å². The number of nitrogen functional groups attached to an aromatic ring is 1. The maximum absolute atomic E-state index is 5.82. The smallest absolute Gasteiger partial charge is 0.126 e. The maximum Gasteiger partial charge on any atom is 0.126 e. The molecule has 1 heterocycles. The molecule has 0 aliphatic heterocycles. The second-order valence-corrected chi connectivity index (χ2v) is 4.35. The third-order valence-electron chi connectivity index (χ3n) is 1.94. The zero-order valence-electron chi connectivity index (χ0n) is 9.16. The third-order valence-corrected chi connectivity index (χ3v) is 2.14. The summed E-state index contributed by atoms with van der Waals surface area (Å²) in [6.07, 6.45) is 2.31. The zero-order chi connectivity index (χ0) is 11.3. The van der Waals surface area contributed by atoms with Crippen molar-refractivity contribution >= 4 is 17.4 Å². The Kier molecular flexibility index (Phi) is 4.85. The minimum Gasteiger partial charge on any atom is -0.383 e. The van der Waals surface area contributed by atoms with Crippen LogP contribution in [0.15, 0.2) is 12.3 Å². The molecule has 0 bridgehead atoms. The quantitative estimate of drug-likeness (QED) is 0.788. The zero-order valence-corrected chi connectivity index (χ0v) is 9.92. The molecule has 15 heavy (non-hydrogen) atoms. The Hall–Kier alpha value is -0.800. The van der Waals surface area contributed by atoms with E-state index in [1.807, 2.05) is 6.07 Å². The molecular weight excluding hydrogens is 212 g/mol. The lowest BCUT2D eigenvalue weighted by Gasteiger charge is -2.08. The van der Waals surface area contributed by atoms with E-state index in [-0.39, 0.29) is 0 Å². The SMILES string of the molecule is CC(C)COCCc1cc(Cl)cnc1N. The monoisotopic (exact) mass is 228 g/mol. The van der Waals surface area contributed by atoms with Crippen molar-refractivity contribution in [3.8, 4) is 0 Å². The summed E-state index contributed by atoms with van der Waals surface area (Å²) in [4.78, 5) is 3.98. The molecule has 0 aliphatic rings. The molecule has 0 amide bonds. The summed E-state index contributed by atoms with van der Waals surface area (Å²) < 4.78 is 5.47. The molecule has 1 aromatic heterocycles. The van der Waals surface area contributed by atoms with Gasteiger partial charge in [0, 0.05) is 12.8 Å². The molecule has 0 spiro atoms. The summed E-state index contributed by atoms with van der Waals surface area (Å²) in [5.41, 5.74) is 6.66. The molecule has 3 nitrogen and oxygen atoms in total. The van der Waals surface area contributed by atoms with Crippen LogP contribution in [0.2, 0.25) is 5.02 Å². The van der Waals surface area contributed by atoms with Gasteiger partial charge in [0.1, 0.15) is 5.82 Å². The molecule has 0 radical (unpaired) electrons. The fourth-order valence-electron chi connectivity index (χ4n) is 1.19. The third kappa shape index (κ3) is 4.49. The summed E-state index contributed by atoms with van der Waals surface area (Å²) >= 11 is 5.82. The van der Waals surface area contributed by atoms with Crippen molar-refractivity contribution in [2.75, 3.05) is 18.9 Å². The number of pyridine rings is 1. The Bertz CT molecular complexity index is 315. The fraction of sp³-hybridized carbons (Fsp3) is 0.545. The summed E-state index contributed by atoms with van der Waals surface area (Å²) in [6, 6.07) is 1.84. The molecule has 0 atom stereocenters. The highest BCUT2D eigenvalue weighted by molar-refractivity contribution is 6.30. The Balaban J connectivity index is 2.40. The molecule has 4 heteroatoms. The predicted octanol–water partition coefficient (Wildman–Crippen LogP) is 2.53. The van der Waals surface area contributed by atoms with Crippen LogP contribution in [-0.2, 0) is 11.2 Å². The summed E-state index contributed by atoms with van der Waals surface area (Å²) in [5, 5.41) is 0.614. The van der Waals surface area contributed by atoms with Crippen LogP contribution in [0.1, 0.15) is 19.4 Å². The van der Waals surface area contributed by atoms with E-state index in [9.17, 15) is 0 Å². The predicted molar refractivity (Wildman–Crippen MR) is 63.0 cm³/mol. The molecule has 2 N–H and O–H groups in total. The normalized spacial score (nSPS) is 10.9. The number of anilines is 1. The van der Waals surface area contributed by atoms with E-state index in [0.29, 0.717) is 23.4 Å². The number of ether oxygens (including phenoxy) is 1. The number of hydrogen-bond acceptors (Lipinski definition) is 3. The van der Waals surface area contributed by atoms with Gasteiger partial charge in [0.2, 0.25) is 0 Å². The van der Waals surface area contributed by atoms with Crippen molar-refractivity contribution < 1.29 is 4.74 Å². The highest BCUT2D eigenvalue weighted by Crippen LogP contribution is 2.15. The average molecular weight is 229 g/mol. The van der Waals surface area contributed by atoms with Gasteiger partial charge in [-0.2, -0.15) is 0 Å². The Morgan fingerprint density at radius 3 is 2.93 bits per heavy atom. The first kappa shape index (κ1) is 12.3. The first-order valence-electron chi connectivity index (χ1n) is 5.07. The Labute approximate surface area is 95.6 Å². The Morgan fingerprint density at radius 1 is 1.53 bits per heavy atom. The van der Waals surface area contributed by atoms with Crippen molar-refractivity contribution in [1.82, 2.24) is 4.98 Å². The highest BCUT2D eigenvalue weighted by Gasteiger charge is 2.02. The largest absolute Gasteiger partial charge is 0.383 e. The van der Waals surface area contributed by atoms with Crippen molar-refractivity contribution in [2.45, 2.75) is 20.3 Å². The highest BCUT2D eigenvalue weighted by atomic mass is 35.5. The lowest BCUT2D eigenvalue weighted by Crippen LogP contribution is -2.07. The number of hydrogen-bond donors (Lipinski definition) is 1. The van der Waals surface area contributed by atoms with Crippen LogP contribution in [0.4, 0.5) is 5.82 Å². The van der Waals surface area contributed by atoms with E-state index in [1.165, 1.54) is 0 Å². The van der Waals surface area contributed by atoms with Gasteiger partial charge in [-0.3, -0.25) is 0 Å². The first-order chi connectivity index (χ1) is 7.09. The minimum atomic E-state index is 0.535. The lowest BCUT2D eigenvalue weighted by molar-refractivity contribution is 0.112. The number of rotatable bonds is 5. The number of aromatic nitrogens is 1. The molecule has 0 saturated heterocycles. The van der Waals surface area contributed by atoms with Crippen LogP contribution in [0.5, 0.6) is 0 Å². The first-order valence-corrected chi connectivity index (χ1v) is 5.45. The van der Waals surface area contributed by atoms with E-state index in [0.717, 1.165) is 18.6 Å². The molecule has 0 aromatic carbocycles. The van der Waals surface area contributed by atoms with Crippen LogP contribution < -0.4 is 5.73 Å². The van der Waals surface area contributed by atoms with Crippen LogP contribution >= 0.6 is 11.6 Å². The standard InChI is InChI=1S/C11H17ClN2O/c1-8(2)7-15-4-3-9-5-10(12)6-14-11(9)13/h5-6,8H,3-4,7H2,1-2H3,(H2,13,14). The van der Waals surface area contributed by atoms with Gasteiger partial charge >= 0.3 is 0 Å². The second kappa shape index (κ2) is 5.93. The van der Waals surface area contributed by atoms with Gasteiger partial charge in [0.25, 0.3) is 0 Å². The van der Waals surface area contributed by atoms with Gasteiger partial charge in [0.15, 0.2) is 0 Å². The summed E-state index contributed by atoms with van der Waals surface area (Å²) in [6.45, 7) is 5.67. The van der Waals surface area contributed by atoms with E-state index in [4.69, 9.17) is 22.1 Å². The van der Waals surface area contributed by atoms with E-state index in [2.05, 4.69) is 18.8 Å². The van der Waals surface area contributed by atoms with Crippen LogP contribution in [-0.4, -0.2) is 18.2 Å². The Morgan fingerprint density at radius 2 is 2.27 bits per heavy atom. The van der Waals surface area contributed by atoms with Gasteiger partial charge in [0.05, 0.1) is 11.6 Å². The molecular formula is C11H17ClN2O. The van der Waals surface area contributed by atoms with Crippen LogP contribution in [0.3, 0.4) is 0 Å². The van der Waals surface area contributed by atoms with Gasteiger partial charge < -0.3 is 10.5 Å². The molecule has 1 rings (SSSR count). The van der Waals surface area contributed by atoms with Crippen molar-refractivity contribution in [3.05, 3.63) is 22.8 Å². The summed E-state index contributed by atoms with van der Waals surface area (Å²) in [5.74, 6) is 1.09. The minimum absolute atomic E-state index is 0.535. The molecule has 0 unspecified atom stereocenters. The fourth-order valence-corrected chi connectivity index (χ4v) is 1.37. The summed E-state index contributed by atoms with van der Waals surface area (Å²) in [7, 11) is 0. The van der Waals surface area contributed by atoms with Gasteiger partial charge in [-0.1, -0.05) is 25.4 Å². The molecule has 1 aromatic rings. The van der Waals surface area contributed by atoms with E-state index in [1.54, 1.807) is 6.20 Å². The average Bonchev–Trinajstić information content (AvgIpc) is 2.17. The van der Waals surface area contributed by atoms with Crippen molar-refractivity contribution in [2.24, 2.45) is 5.92 Å². The van der Waals surface area contributed by atoms with Crippen LogP contribution in [0.25, 0.3) is 0 Å². The molecule has 84 valence electrons. The van der Waals surface area contributed by atoms with E-state index < -0.39 is 0 Å². The molecule has 0 aliphatic carbocycles. The van der Waals surface area contributed by atoms with Crippen molar-refractivity contribution in [1.29, 1.82) is 0 Å². The van der Waals surface area contributed by atoms with Crippen LogP contribution in [0, 0.1) is 5.92 Å².